The molecule has 0 spiro atoms. The molecule has 0 aliphatic carbocycles. The van der Waals surface area contributed by atoms with Crippen molar-refractivity contribution in [1.29, 1.82) is 0 Å². The first-order valence-corrected chi connectivity index (χ1v) is 13.5. The molecule has 196 valence electrons. The average Bonchev–Trinajstić information content (AvgIpc) is 3.37. The number of ether oxygens (including phenoxy) is 2. The molecule has 0 radical (unpaired) electrons. The van der Waals surface area contributed by atoms with Crippen molar-refractivity contribution in [2.24, 2.45) is 5.92 Å². The second-order valence-corrected chi connectivity index (χ2v) is 13.0. The van der Waals surface area contributed by atoms with E-state index in [0.29, 0.717) is 24.0 Å². The maximum Gasteiger partial charge on any atom is 0.240 e. The zero-order valence-corrected chi connectivity index (χ0v) is 23.4. The molecule has 1 N–H and O–H groups in total. The highest BCUT2D eigenvalue weighted by Gasteiger charge is 2.41. The number of amides is 2. The van der Waals surface area contributed by atoms with Gasteiger partial charge in [0.2, 0.25) is 18.6 Å². The number of rotatable bonds is 5. The molecule has 1 atom stereocenters. The number of thioether (sulfide) groups is 1. The summed E-state index contributed by atoms with van der Waals surface area (Å²) in [4.78, 5) is 28.2. The van der Waals surface area contributed by atoms with Crippen molar-refractivity contribution in [2.45, 2.75) is 71.6 Å². The minimum atomic E-state index is -0.408. The highest BCUT2D eigenvalue weighted by atomic mass is 32.2. The summed E-state index contributed by atoms with van der Waals surface area (Å²) in [5, 5.41) is 7.92. The van der Waals surface area contributed by atoms with Crippen LogP contribution in [0.15, 0.2) is 18.2 Å². The molecule has 2 aliphatic rings. The number of fused-ring (bicyclic) bond motifs is 2. The third-order valence-electron chi connectivity index (χ3n) is 6.14. The van der Waals surface area contributed by atoms with Gasteiger partial charge in [-0.15, -0.1) is 11.8 Å². The molecule has 0 fully saturated rings. The number of nitrogens with zero attached hydrogens (tertiary/aromatic N) is 3. The number of anilines is 1. The molecule has 9 heteroatoms. The minimum absolute atomic E-state index is 0.0433. The topological polar surface area (TPSA) is 85.7 Å². The Balaban J connectivity index is 1.90. The Kier molecular flexibility index (Phi) is 7.07. The van der Waals surface area contributed by atoms with Gasteiger partial charge in [-0.2, -0.15) is 5.10 Å². The van der Waals surface area contributed by atoms with E-state index in [1.165, 1.54) is 0 Å². The average molecular weight is 515 g/mol. The lowest BCUT2D eigenvalue weighted by atomic mass is 9.87. The number of benzene rings is 1. The largest absolute Gasteiger partial charge is 0.454 e. The van der Waals surface area contributed by atoms with E-state index >= 15 is 0 Å². The monoisotopic (exact) mass is 514 g/mol. The van der Waals surface area contributed by atoms with E-state index in [0.717, 1.165) is 22.6 Å². The molecule has 2 aromatic rings. The van der Waals surface area contributed by atoms with Crippen molar-refractivity contribution >= 4 is 29.4 Å². The summed E-state index contributed by atoms with van der Waals surface area (Å²) in [5.74, 6) is 2.42. The number of hydrogen-bond acceptors (Lipinski definition) is 6. The van der Waals surface area contributed by atoms with E-state index in [4.69, 9.17) is 14.6 Å². The first-order valence-electron chi connectivity index (χ1n) is 12.5. The first kappa shape index (κ1) is 26.4. The summed E-state index contributed by atoms with van der Waals surface area (Å²) in [7, 11) is 0. The van der Waals surface area contributed by atoms with Gasteiger partial charge in [0.1, 0.15) is 12.4 Å². The number of carbonyl (C=O) groups excluding carboxylic acids is 2. The fourth-order valence-electron chi connectivity index (χ4n) is 4.40. The normalized spacial score (nSPS) is 17.9. The number of carbonyl (C=O) groups is 2. The minimum Gasteiger partial charge on any atom is -0.454 e. The molecule has 3 heterocycles. The van der Waals surface area contributed by atoms with Crippen LogP contribution in [0, 0.1) is 5.92 Å². The second kappa shape index (κ2) is 9.65. The zero-order chi connectivity index (χ0) is 26.4. The summed E-state index contributed by atoms with van der Waals surface area (Å²) in [6.45, 7) is 17.4. The van der Waals surface area contributed by atoms with Crippen molar-refractivity contribution < 1.29 is 19.1 Å². The SMILES string of the molecule is CC(C)CNC(=O)CN1C(=O)CSC(c2ccc3c(c2)OCO3)c2c(C(C)(C)C)nn(C(C)(C)C)c21. The molecule has 1 unspecified atom stereocenters. The van der Waals surface area contributed by atoms with Gasteiger partial charge in [-0.3, -0.25) is 14.5 Å². The van der Waals surface area contributed by atoms with Crippen molar-refractivity contribution in [3.63, 3.8) is 0 Å². The summed E-state index contributed by atoms with van der Waals surface area (Å²) >= 11 is 1.56. The van der Waals surface area contributed by atoms with Crippen LogP contribution in [0.4, 0.5) is 5.82 Å². The van der Waals surface area contributed by atoms with Crippen LogP contribution in [0.3, 0.4) is 0 Å². The van der Waals surface area contributed by atoms with Crippen LogP contribution in [-0.2, 0) is 20.5 Å². The lowest BCUT2D eigenvalue weighted by Crippen LogP contribution is -2.44. The molecule has 0 saturated heterocycles. The van der Waals surface area contributed by atoms with E-state index in [-0.39, 0.29) is 41.6 Å². The molecule has 1 aromatic heterocycles. The van der Waals surface area contributed by atoms with Crippen molar-refractivity contribution in [2.75, 3.05) is 30.5 Å². The Morgan fingerprint density at radius 3 is 2.50 bits per heavy atom. The van der Waals surface area contributed by atoms with Crippen LogP contribution in [0.2, 0.25) is 0 Å². The molecule has 36 heavy (non-hydrogen) atoms. The Bertz CT molecular complexity index is 1160. The van der Waals surface area contributed by atoms with Crippen LogP contribution in [0.5, 0.6) is 11.5 Å². The van der Waals surface area contributed by atoms with E-state index in [1.54, 1.807) is 16.7 Å². The Morgan fingerprint density at radius 2 is 1.86 bits per heavy atom. The van der Waals surface area contributed by atoms with E-state index in [9.17, 15) is 9.59 Å². The van der Waals surface area contributed by atoms with Gasteiger partial charge >= 0.3 is 0 Å². The Morgan fingerprint density at radius 1 is 1.17 bits per heavy atom. The highest BCUT2D eigenvalue weighted by Crippen LogP contribution is 2.50. The summed E-state index contributed by atoms with van der Waals surface area (Å²) in [6, 6.07) is 5.96. The standard InChI is InChI=1S/C27H38N4O4S/c1-16(2)12-28-20(32)13-30-21(33)14-36-23(17-9-10-18-19(11-17)35-15-34-18)22-24(26(3,4)5)29-31(25(22)30)27(6,7)8/h9-11,16,23H,12-15H2,1-8H3,(H,28,32). The van der Waals surface area contributed by atoms with Crippen LogP contribution >= 0.6 is 11.8 Å². The summed E-state index contributed by atoms with van der Waals surface area (Å²) in [6.07, 6.45) is 0. The van der Waals surface area contributed by atoms with E-state index in [2.05, 4.69) is 46.9 Å². The third-order valence-corrected chi connectivity index (χ3v) is 7.40. The van der Waals surface area contributed by atoms with Gasteiger partial charge in [-0.05, 0) is 44.4 Å². The lowest BCUT2D eigenvalue weighted by molar-refractivity contribution is -0.123. The maximum atomic E-state index is 13.6. The predicted octanol–water partition coefficient (Wildman–Crippen LogP) is 4.61. The van der Waals surface area contributed by atoms with Gasteiger partial charge in [0.05, 0.1) is 22.2 Å². The molecule has 0 saturated carbocycles. The smallest absolute Gasteiger partial charge is 0.240 e. The van der Waals surface area contributed by atoms with E-state index in [1.807, 2.05) is 36.7 Å². The fraction of sp³-hybridized carbons (Fsp3) is 0.593. The second-order valence-electron chi connectivity index (χ2n) is 11.9. The fourth-order valence-corrected chi connectivity index (χ4v) is 5.59. The molecule has 4 rings (SSSR count). The predicted molar refractivity (Wildman–Crippen MR) is 143 cm³/mol. The van der Waals surface area contributed by atoms with Gasteiger partial charge in [0, 0.05) is 17.5 Å². The number of hydrogen-bond donors (Lipinski definition) is 1. The van der Waals surface area contributed by atoms with E-state index < -0.39 is 5.54 Å². The van der Waals surface area contributed by atoms with Gasteiger partial charge < -0.3 is 14.8 Å². The number of aromatic nitrogens is 2. The molecule has 8 nitrogen and oxygen atoms in total. The van der Waals surface area contributed by atoms with Gasteiger partial charge in [0.25, 0.3) is 0 Å². The quantitative estimate of drug-likeness (QED) is 0.627. The van der Waals surface area contributed by atoms with Crippen LogP contribution < -0.4 is 19.7 Å². The summed E-state index contributed by atoms with van der Waals surface area (Å²) in [5.41, 5.74) is 2.22. The van der Waals surface area contributed by atoms with Crippen molar-refractivity contribution in [1.82, 2.24) is 15.1 Å². The van der Waals surface area contributed by atoms with Crippen molar-refractivity contribution in [3.05, 3.63) is 35.0 Å². The van der Waals surface area contributed by atoms with Crippen LogP contribution in [0.25, 0.3) is 0 Å². The number of nitrogens with one attached hydrogen (secondary N) is 1. The van der Waals surface area contributed by atoms with Crippen LogP contribution in [-0.4, -0.2) is 47.2 Å². The molecule has 2 amide bonds. The lowest BCUT2D eigenvalue weighted by Gasteiger charge is -2.29. The molecular weight excluding hydrogens is 476 g/mol. The summed E-state index contributed by atoms with van der Waals surface area (Å²) < 4.78 is 13.1. The molecule has 1 aromatic carbocycles. The van der Waals surface area contributed by atoms with Gasteiger partial charge in [-0.25, -0.2) is 4.68 Å². The van der Waals surface area contributed by atoms with Gasteiger partial charge in [0.15, 0.2) is 11.5 Å². The first-order chi connectivity index (χ1) is 16.8. The maximum absolute atomic E-state index is 13.6. The zero-order valence-electron chi connectivity index (χ0n) is 22.6. The van der Waals surface area contributed by atoms with Crippen molar-refractivity contribution in [3.8, 4) is 11.5 Å². The molecule has 0 bridgehead atoms. The molecule has 2 aliphatic heterocycles. The molecular formula is C27H38N4O4S. The highest BCUT2D eigenvalue weighted by molar-refractivity contribution is 8.00. The van der Waals surface area contributed by atoms with Gasteiger partial charge in [-0.1, -0.05) is 40.7 Å². The Hall–Kier alpha value is -2.68. The Labute approximate surface area is 218 Å². The third kappa shape index (κ3) is 5.21. The van der Waals surface area contributed by atoms with Crippen LogP contribution in [0.1, 0.15) is 77.5 Å².